The second-order valence-electron chi connectivity index (χ2n) is 5.18. The van der Waals surface area contributed by atoms with Crippen LogP contribution in [0.2, 0.25) is 10.0 Å². The van der Waals surface area contributed by atoms with Gasteiger partial charge in [-0.15, -0.1) is 0 Å². The van der Waals surface area contributed by atoms with Crippen LogP contribution in [0.15, 0.2) is 42.7 Å². The van der Waals surface area contributed by atoms with E-state index in [9.17, 15) is 5.11 Å². The van der Waals surface area contributed by atoms with Crippen LogP contribution in [0, 0.1) is 0 Å². The second-order valence-corrected chi connectivity index (χ2v) is 6.02. The molecule has 0 aliphatic rings. The van der Waals surface area contributed by atoms with Gasteiger partial charge < -0.3 is 9.84 Å². The molecule has 2 rings (SSSR count). The van der Waals surface area contributed by atoms with Crippen molar-refractivity contribution in [1.29, 1.82) is 0 Å². The Morgan fingerprint density at radius 3 is 2.68 bits per heavy atom. The van der Waals surface area contributed by atoms with Crippen molar-refractivity contribution in [3.05, 3.63) is 63.9 Å². The van der Waals surface area contributed by atoms with E-state index in [-0.39, 0.29) is 0 Å². The summed E-state index contributed by atoms with van der Waals surface area (Å²) in [5.41, 5.74) is 0.285. The fourth-order valence-electron chi connectivity index (χ4n) is 2.44. The highest BCUT2D eigenvalue weighted by Gasteiger charge is 2.37. The van der Waals surface area contributed by atoms with Crippen molar-refractivity contribution >= 4 is 23.2 Å². The molecule has 2 atom stereocenters. The quantitative estimate of drug-likeness (QED) is 0.855. The Morgan fingerprint density at radius 1 is 1.32 bits per heavy atom. The van der Waals surface area contributed by atoms with Gasteiger partial charge in [0.1, 0.15) is 5.60 Å². The standard InChI is InChI=1S/C17H19Cl2NO2/c1-3-22-12(2)17(21,14-5-4-8-20-11-14)10-13-6-7-15(18)9-16(13)19/h4-9,11-12,21H,3,10H2,1-2H3. The molecule has 0 aliphatic heterocycles. The Kier molecular flexibility index (Phi) is 5.81. The summed E-state index contributed by atoms with van der Waals surface area (Å²) in [5, 5.41) is 12.4. The van der Waals surface area contributed by atoms with Crippen LogP contribution in [-0.4, -0.2) is 22.8 Å². The molecule has 1 heterocycles. The third-order valence-electron chi connectivity index (χ3n) is 3.73. The van der Waals surface area contributed by atoms with Gasteiger partial charge in [-0.25, -0.2) is 0 Å². The predicted molar refractivity (Wildman–Crippen MR) is 89.4 cm³/mol. The minimum Gasteiger partial charge on any atom is -0.382 e. The summed E-state index contributed by atoms with van der Waals surface area (Å²) in [6, 6.07) is 8.89. The van der Waals surface area contributed by atoms with Crippen LogP contribution in [-0.2, 0) is 16.8 Å². The minimum absolute atomic E-state index is 0.315. The fraction of sp³-hybridized carbons (Fsp3) is 0.353. The molecule has 3 nitrogen and oxygen atoms in total. The van der Waals surface area contributed by atoms with Crippen LogP contribution in [0.25, 0.3) is 0 Å². The Labute approximate surface area is 140 Å². The normalized spacial score (nSPS) is 15.3. The number of halogens is 2. The molecule has 1 N–H and O–H groups in total. The highest BCUT2D eigenvalue weighted by molar-refractivity contribution is 6.35. The summed E-state index contributed by atoms with van der Waals surface area (Å²) in [6.45, 7) is 4.26. The predicted octanol–water partition coefficient (Wildman–Crippen LogP) is 4.24. The molecule has 0 fully saturated rings. The molecule has 0 spiro atoms. The van der Waals surface area contributed by atoms with Gasteiger partial charge in [-0.1, -0.05) is 35.3 Å². The van der Waals surface area contributed by atoms with Gasteiger partial charge in [-0.3, -0.25) is 4.98 Å². The highest BCUT2D eigenvalue weighted by Crippen LogP contribution is 2.33. The Bertz CT molecular complexity index is 621. The zero-order chi connectivity index (χ0) is 16.2. The lowest BCUT2D eigenvalue weighted by atomic mass is 9.84. The van der Waals surface area contributed by atoms with Gasteiger partial charge in [0, 0.05) is 41.0 Å². The van der Waals surface area contributed by atoms with E-state index in [0.29, 0.717) is 28.6 Å². The van der Waals surface area contributed by atoms with E-state index in [2.05, 4.69) is 4.98 Å². The maximum Gasteiger partial charge on any atom is 0.121 e. The number of pyridine rings is 1. The summed E-state index contributed by atoms with van der Waals surface area (Å²) in [7, 11) is 0. The Morgan fingerprint density at radius 2 is 2.09 bits per heavy atom. The van der Waals surface area contributed by atoms with Crippen molar-refractivity contribution in [3.63, 3.8) is 0 Å². The lowest BCUT2D eigenvalue weighted by molar-refractivity contribution is -0.103. The number of ether oxygens (including phenoxy) is 1. The zero-order valence-electron chi connectivity index (χ0n) is 12.6. The summed E-state index contributed by atoms with van der Waals surface area (Å²) in [5.74, 6) is 0. The van der Waals surface area contributed by atoms with E-state index in [0.717, 1.165) is 5.56 Å². The molecule has 0 saturated carbocycles. The molecule has 1 aromatic heterocycles. The third-order valence-corrected chi connectivity index (χ3v) is 4.31. The number of hydrogen-bond acceptors (Lipinski definition) is 3. The van der Waals surface area contributed by atoms with Gasteiger partial charge in [0.05, 0.1) is 6.10 Å². The topological polar surface area (TPSA) is 42.4 Å². The van der Waals surface area contributed by atoms with Crippen molar-refractivity contribution < 1.29 is 9.84 Å². The molecule has 118 valence electrons. The first-order chi connectivity index (χ1) is 10.5. The SMILES string of the molecule is CCOC(C)C(O)(Cc1ccc(Cl)cc1Cl)c1cccnc1. The Hall–Kier alpha value is -1.13. The van der Waals surface area contributed by atoms with Crippen LogP contribution >= 0.6 is 23.2 Å². The number of benzene rings is 1. The van der Waals surface area contributed by atoms with E-state index in [1.807, 2.05) is 26.0 Å². The molecule has 1 aromatic carbocycles. The summed E-state index contributed by atoms with van der Waals surface area (Å²) < 4.78 is 5.65. The molecule has 0 aliphatic carbocycles. The Balaban J connectivity index is 2.40. The molecule has 0 amide bonds. The number of aromatic nitrogens is 1. The first kappa shape index (κ1) is 17.2. The average molecular weight is 340 g/mol. The molecular weight excluding hydrogens is 321 g/mol. The summed E-state index contributed by atoms with van der Waals surface area (Å²) in [4.78, 5) is 4.10. The first-order valence-electron chi connectivity index (χ1n) is 7.15. The number of aliphatic hydroxyl groups is 1. The van der Waals surface area contributed by atoms with E-state index in [1.54, 1.807) is 30.6 Å². The first-order valence-corrected chi connectivity index (χ1v) is 7.91. The van der Waals surface area contributed by atoms with E-state index in [4.69, 9.17) is 27.9 Å². The molecule has 0 radical (unpaired) electrons. The van der Waals surface area contributed by atoms with Crippen LogP contribution in [0.1, 0.15) is 25.0 Å². The number of nitrogens with zero attached hydrogens (tertiary/aromatic N) is 1. The summed E-state index contributed by atoms with van der Waals surface area (Å²) >= 11 is 12.2. The maximum absolute atomic E-state index is 11.3. The van der Waals surface area contributed by atoms with E-state index >= 15 is 0 Å². The van der Waals surface area contributed by atoms with E-state index in [1.165, 1.54) is 0 Å². The minimum atomic E-state index is -1.22. The zero-order valence-corrected chi connectivity index (χ0v) is 14.1. The molecule has 2 aromatic rings. The molecule has 5 heteroatoms. The number of hydrogen-bond donors (Lipinski definition) is 1. The summed E-state index contributed by atoms with van der Waals surface area (Å²) in [6.07, 6.45) is 3.23. The van der Waals surface area contributed by atoms with Crippen LogP contribution in [0.5, 0.6) is 0 Å². The van der Waals surface area contributed by atoms with Crippen LogP contribution < -0.4 is 0 Å². The van der Waals surface area contributed by atoms with Gasteiger partial charge in [-0.05, 0) is 37.6 Å². The van der Waals surface area contributed by atoms with Crippen LogP contribution in [0.4, 0.5) is 0 Å². The van der Waals surface area contributed by atoms with Crippen molar-refractivity contribution in [3.8, 4) is 0 Å². The van der Waals surface area contributed by atoms with Gasteiger partial charge in [0.2, 0.25) is 0 Å². The molecule has 22 heavy (non-hydrogen) atoms. The second kappa shape index (κ2) is 7.42. The van der Waals surface area contributed by atoms with Crippen molar-refractivity contribution in [2.75, 3.05) is 6.61 Å². The average Bonchev–Trinajstić information content (AvgIpc) is 2.51. The van der Waals surface area contributed by atoms with Crippen molar-refractivity contribution in [1.82, 2.24) is 4.98 Å². The fourth-order valence-corrected chi connectivity index (χ4v) is 2.92. The number of rotatable bonds is 6. The lowest BCUT2D eigenvalue weighted by Crippen LogP contribution is -2.41. The van der Waals surface area contributed by atoms with Crippen LogP contribution in [0.3, 0.4) is 0 Å². The van der Waals surface area contributed by atoms with Gasteiger partial charge >= 0.3 is 0 Å². The van der Waals surface area contributed by atoms with Gasteiger partial charge in [0.25, 0.3) is 0 Å². The van der Waals surface area contributed by atoms with E-state index < -0.39 is 11.7 Å². The third kappa shape index (κ3) is 3.79. The lowest BCUT2D eigenvalue weighted by Gasteiger charge is -2.34. The molecule has 0 bridgehead atoms. The smallest absolute Gasteiger partial charge is 0.121 e. The molecule has 2 unspecified atom stereocenters. The molecule has 0 saturated heterocycles. The van der Waals surface area contributed by atoms with Gasteiger partial charge in [-0.2, -0.15) is 0 Å². The maximum atomic E-state index is 11.3. The molecular formula is C17H19Cl2NO2. The largest absolute Gasteiger partial charge is 0.382 e. The van der Waals surface area contributed by atoms with Crippen molar-refractivity contribution in [2.24, 2.45) is 0 Å². The van der Waals surface area contributed by atoms with Crippen molar-refractivity contribution in [2.45, 2.75) is 32.0 Å². The van der Waals surface area contributed by atoms with Gasteiger partial charge in [0.15, 0.2) is 0 Å². The highest BCUT2D eigenvalue weighted by atomic mass is 35.5. The monoisotopic (exact) mass is 339 g/mol.